The van der Waals surface area contributed by atoms with Gasteiger partial charge in [-0.25, -0.2) is 4.79 Å². The number of hydrogen-bond acceptors (Lipinski definition) is 6. The maximum absolute atomic E-state index is 13.0. The first-order valence-electron chi connectivity index (χ1n) is 14.1. The van der Waals surface area contributed by atoms with Crippen molar-refractivity contribution in [2.45, 2.75) is 58.3 Å². The number of hydrogen-bond donors (Lipinski definition) is 0. The molecular formula is C33H37IO6. The summed E-state index contributed by atoms with van der Waals surface area (Å²) < 4.78 is 18.8. The Morgan fingerprint density at radius 1 is 1.05 bits per heavy atom. The molecule has 0 heterocycles. The van der Waals surface area contributed by atoms with Crippen molar-refractivity contribution in [1.82, 2.24) is 0 Å². The van der Waals surface area contributed by atoms with Gasteiger partial charge < -0.3 is 14.2 Å². The molecule has 7 heteroatoms. The molecule has 0 unspecified atom stereocenters. The van der Waals surface area contributed by atoms with Gasteiger partial charge >= 0.3 is 11.9 Å². The van der Waals surface area contributed by atoms with E-state index in [0.29, 0.717) is 25.0 Å². The van der Waals surface area contributed by atoms with E-state index in [4.69, 9.17) is 14.2 Å². The van der Waals surface area contributed by atoms with Gasteiger partial charge in [0.25, 0.3) is 0 Å². The summed E-state index contributed by atoms with van der Waals surface area (Å²) in [6.07, 6.45) is 5.77. The zero-order chi connectivity index (χ0) is 28.3. The van der Waals surface area contributed by atoms with Gasteiger partial charge in [-0.05, 0) is 66.2 Å². The Labute approximate surface area is 250 Å². The molecule has 2 aromatic carbocycles. The minimum absolute atomic E-state index is 0.0546. The van der Waals surface area contributed by atoms with Gasteiger partial charge in [0.05, 0.1) is 28.1 Å². The summed E-state index contributed by atoms with van der Waals surface area (Å²) in [6.45, 7) is 5.12. The fourth-order valence-electron chi connectivity index (χ4n) is 7.58. The monoisotopic (exact) mass is 656 g/mol. The summed E-state index contributed by atoms with van der Waals surface area (Å²) >= 11 is 2.02. The molecule has 6 nitrogen and oxygen atoms in total. The topological polar surface area (TPSA) is 78.9 Å². The van der Waals surface area contributed by atoms with E-state index in [1.54, 1.807) is 30.3 Å². The average molecular weight is 657 g/mol. The van der Waals surface area contributed by atoms with Gasteiger partial charge in [-0.15, -0.1) is 0 Å². The van der Waals surface area contributed by atoms with E-state index in [9.17, 15) is 14.4 Å². The van der Waals surface area contributed by atoms with Crippen molar-refractivity contribution >= 4 is 40.3 Å². The molecule has 0 saturated heterocycles. The number of fused-ring (bicyclic) bond motifs is 3. The van der Waals surface area contributed by atoms with Gasteiger partial charge in [0.15, 0.2) is 5.78 Å². The molecule has 0 aliphatic heterocycles. The van der Waals surface area contributed by atoms with Crippen LogP contribution >= 0.6 is 22.6 Å². The highest BCUT2D eigenvalue weighted by atomic mass is 127. The van der Waals surface area contributed by atoms with Crippen LogP contribution in [0.1, 0.15) is 55.5 Å². The van der Waals surface area contributed by atoms with Crippen LogP contribution in [0.25, 0.3) is 0 Å². The van der Waals surface area contributed by atoms with Crippen molar-refractivity contribution in [3.05, 3.63) is 83.9 Å². The second kappa shape index (κ2) is 12.1. The Morgan fingerprint density at radius 3 is 2.45 bits per heavy atom. The number of rotatable bonds is 8. The molecule has 0 bridgehead atoms. The van der Waals surface area contributed by atoms with E-state index in [1.807, 2.05) is 52.9 Å². The minimum atomic E-state index is -0.775. The first-order chi connectivity index (χ1) is 19.3. The summed E-state index contributed by atoms with van der Waals surface area (Å²) in [5.41, 5.74) is 0.626. The summed E-state index contributed by atoms with van der Waals surface area (Å²) in [7, 11) is 0. The van der Waals surface area contributed by atoms with Crippen molar-refractivity contribution in [3.8, 4) is 0 Å². The maximum Gasteiger partial charge on any atom is 0.338 e. The molecule has 0 spiro atoms. The largest absolute Gasteiger partial charge is 0.461 e. The number of benzene rings is 2. The molecule has 212 valence electrons. The molecule has 3 aliphatic rings. The smallest absolute Gasteiger partial charge is 0.338 e. The Morgan fingerprint density at radius 2 is 1.75 bits per heavy atom. The highest BCUT2D eigenvalue weighted by Gasteiger charge is 2.64. The normalized spacial score (nSPS) is 33.0. The second-order valence-electron chi connectivity index (χ2n) is 11.8. The van der Waals surface area contributed by atoms with E-state index < -0.39 is 17.5 Å². The first-order valence-corrected chi connectivity index (χ1v) is 15.6. The molecule has 5 rings (SSSR count). The predicted molar refractivity (Wildman–Crippen MR) is 160 cm³/mol. The summed E-state index contributed by atoms with van der Waals surface area (Å²) in [6, 6.07) is 19.1. The zero-order valence-electron chi connectivity index (χ0n) is 23.1. The molecule has 2 saturated carbocycles. The second-order valence-corrected chi connectivity index (χ2v) is 12.6. The number of esters is 2. The Bertz CT molecular complexity index is 1250. The molecule has 2 aromatic rings. The minimum Gasteiger partial charge on any atom is -0.461 e. The highest BCUT2D eigenvalue weighted by Crippen LogP contribution is 2.64. The number of halogens is 1. The molecule has 0 aromatic heterocycles. The quantitative estimate of drug-likeness (QED) is 0.187. The fourth-order valence-corrected chi connectivity index (χ4v) is 7.76. The summed E-state index contributed by atoms with van der Waals surface area (Å²) in [5, 5.41) is 0. The lowest BCUT2D eigenvalue weighted by atomic mass is 9.43. The van der Waals surface area contributed by atoms with Crippen molar-refractivity contribution in [2.24, 2.45) is 28.6 Å². The lowest BCUT2D eigenvalue weighted by Gasteiger charge is -2.63. The molecule has 0 amide bonds. The number of allylic oxidation sites excluding steroid dienone is 1. The lowest BCUT2D eigenvalue weighted by molar-refractivity contribution is -0.206. The molecule has 7 atom stereocenters. The van der Waals surface area contributed by atoms with Gasteiger partial charge in [-0.3, -0.25) is 9.59 Å². The molecule has 40 heavy (non-hydrogen) atoms. The molecular weight excluding hydrogens is 619 g/mol. The van der Waals surface area contributed by atoms with Gasteiger partial charge in [-0.2, -0.15) is 0 Å². The van der Waals surface area contributed by atoms with Crippen LogP contribution in [-0.2, 0) is 30.4 Å². The van der Waals surface area contributed by atoms with Gasteiger partial charge in [0.2, 0.25) is 0 Å². The SMILES string of the molecule is C[C@@H]1[C@@H](OCc2ccccc2)CC[C@@]2(C)[C@H]1C[C@@H](OC(=O)CI)[C@@]1(COC(=O)c3ccccc3)C=CC(=O)C[C@@H]21. The van der Waals surface area contributed by atoms with E-state index in [-0.39, 0.29) is 52.1 Å². The van der Waals surface area contributed by atoms with E-state index >= 15 is 0 Å². The maximum atomic E-state index is 13.0. The molecule has 0 radical (unpaired) electrons. The number of alkyl halides is 1. The van der Waals surface area contributed by atoms with E-state index in [0.717, 1.165) is 18.4 Å². The number of carbonyl (C=O) groups excluding carboxylic acids is 3. The van der Waals surface area contributed by atoms with Crippen LogP contribution < -0.4 is 0 Å². The number of ketones is 1. The van der Waals surface area contributed by atoms with Crippen LogP contribution in [0.3, 0.4) is 0 Å². The van der Waals surface area contributed by atoms with Crippen molar-refractivity contribution in [1.29, 1.82) is 0 Å². The predicted octanol–water partition coefficient (Wildman–Crippen LogP) is 6.36. The zero-order valence-corrected chi connectivity index (χ0v) is 25.2. The van der Waals surface area contributed by atoms with E-state index in [1.165, 1.54) is 0 Å². The average Bonchev–Trinajstić information content (AvgIpc) is 2.98. The Kier molecular flexibility index (Phi) is 8.80. The van der Waals surface area contributed by atoms with Crippen molar-refractivity contribution in [3.63, 3.8) is 0 Å². The van der Waals surface area contributed by atoms with Gasteiger partial charge in [0, 0.05) is 6.42 Å². The van der Waals surface area contributed by atoms with Crippen LogP contribution in [0.2, 0.25) is 0 Å². The third-order valence-electron chi connectivity index (χ3n) is 9.69. The first kappa shape index (κ1) is 29.0. The molecule has 2 fully saturated rings. The summed E-state index contributed by atoms with van der Waals surface area (Å²) in [4.78, 5) is 38.6. The van der Waals surface area contributed by atoms with Gasteiger partial charge in [-0.1, -0.05) is 91.0 Å². The standard InChI is InChI=1S/C33H37IO6/c1-22-26-18-29(40-30(36)19-34)33(21-39-31(37)24-11-7-4-8-12-24)16-13-25(35)17-28(33)32(26,2)15-14-27(22)38-20-23-9-5-3-6-10-23/h3-13,16,22,26-29H,14-15,17-21H2,1-2H3/t22-,26-,27-,28-,29+,32-,33+/m0/s1. The van der Waals surface area contributed by atoms with Crippen molar-refractivity contribution < 1.29 is 28.6 Å². The fraction of sp³-hybridized carbons (Fsp3) is 0.485. The van der Waals surface area contributed by atoms with Crippen LogP contribution in [-0.4, -0.2) is 41.0 Å². The van der Waals surface area contributed by atoms with Gasteiger partial charge in [0.1, 0.15) is 12.7 Å². The summed E-state index contributed by atoms with van der Waals surface area (Å²) in [5.74, 6) is -0.412. The van der Waals surface area contributed by atoms with E-state index in [2.05, 4.69) is 26.0 Å². The lowest BCUT2D eigenvalue weighted by Crippen LogP contribution is -2.63. The number of ether oxygens (including phenoxy) is 3. The van der Waals surface area contributed by atoms with Crippen molar-refractivity contribution in [2.75, 3.05) is 11.0 Å². The number of carbonyl (C=O) groups is 3. The molecule has 3 aliphatic carbocycles. The highest BCUT2D eigenvalue weighted by molar-refractivity contribution is 14.1. The Hall–Kier alpha value is -2.52. The van der Waals surface area contributed by atoms with Crippen LogP contribution in [0.4, 0.5) is 0 Å². The van der Waals surface area contributed by atoms with Crippen LogP contribution in [0.15, 0.2) is 72.8 Å². The van der Waals surface area contributed by atoms with Crippen LogP contribution in [0, 0.1) is 28.6 Å². The third-order valence-corrected chi connectivity index (χ3v) is 10.3. The third kappa shape index (κ3) is 5.64. The molecule has 0 N–H and O–H groups in total. The van der Waals surface area contributed by atoms with Crippen LogP contribution in [0.5, 0.6) is 0 Å². The Balaban J connectivity index is 1.44.